The predicted octanol–water partition coefficient (Wildman–Crippen LogP) is 4.95. The van der Waals surface area contributed by atoms with Gasteiger partial charge < -0.3 is 29.7 Å². The lowest BCUT2D eigenvalue weighted by Crippen LogP contribution is -2.64. The molecular weight excluding hydrogens is 600 g/mol. The van der Waals surface area contributed by atoms with E-state index in [1.807, 2.05) is 32.9 Å². The van der Waals surface area contributed by atoms with Gasteiger partial charge in [0.05, 0.1) is 18.2 Å². The Labute approximate surface area is 270 Å². The lowest BCUT2D eigenvalue weighted by molar-refractivity contribution is -0.859. The minimum absolute atomic E-state index is 0.0815. The number of methoxy groups -OCH3 is 1. The van der Waals surface area contributed by atoms with Crippen LogP contribution in [0.2, 0.25) is 5.02 Å². The number of anilines is 1. The van der Waals surface area contributed by atoms with Gasteiger partial charge in [0.25, 0.3) is 6.47 Å². The Morgan fingerprint density at radius 2 is 1.78 bits per heavy atom. The number of rotatable bonds is 14. The van der Waals surface area contributed by atoms with Crippen molar-refractivity contribution in [3.05, 3.63) is 53.8 Å². The third-order valence-electron chi connectivity index (χ3n) is 7.45. The van der Waals surface area contributed by atoms with Crippen LogP contribution in [0.1, 0.15) is 59.3 Å². The van der Waals surface area contributed by atoms with Gasteiger partial charge in [-0.15, -0.1) is 9.56 Å². The Kier molecular flexibility index (Phi) is 13.2. The number of likely N-dealkylation sites (tertiary alicyclic amines) is 1. The fraction of sp³-hybridized carbons (Fsp3) is 0.531. The summed E-state index contributed by atoms with van der Waals surface area (Å²) in [7, 11) is 1.48. The normalized spacial score (nSPS) is 15.5. The van der Waals surface area contributed by atoms with Crippen molar-refractivity contribution in [1.29, 1.82) is 5.26 Å². The van der Waals surface area contributed by atoms with Crippen LogP contribution in [0, 0.1) is 17.4 Å². The Morgan fingerprint density at radius 1 is 1.13 bits per heavy atom. The molecule has 1 unspecified atom stereocenters. The number of nitriles is 1. The first-order valence-corrected chi connectivity index (χ1v) is 15.4. The number of nitrogens with zero attached hydrogens (tertiary/aromatic N) is 5. The number of aliphatic imine (C=N–C) groups is 1. The van der Waals surface area contributed by atoms with Crippen molar-refractivity contribution >= 4 is 35.8 Å². The summed E-state index contributed by atoms with van der Waals surface area (Å²) in [6, 6.07) is 10.9. The summed E-state index contributed by atoms with van der Waals surface area (Å²) in [5, 5.41) is 9.81. The molecular formula is C32H44ClN6O6+. The summed E-state index contributed by atoms with van der Waals surface area (Å²) in [6.45, 7) is 7.85. The quantitative estimate of drug-likeness (QED) is 0.0575. The monoisotopic (exact) mass is 643 g/mol. The maximum absolute atomic E-state index is 12.6. The molecule has 0 spiro atoms. The van der Waals surface area contributed by atoms with Crippen molar-refractivity contribution < 1.29 is 33.1 Å². The Balaban J connectivity index is 1.63. The Hall–Kier alpha value is -4.08. The second-order valence-corrected chi connectivity index (χ2v) is 12.1. The average molecular weight is 644 g/mol. The van der Waals surface area contributed by atoms with Crippen LogP contribution in [0.4, 0.5) is 10.5 Å². The fourth-order valence-electron chi connectivity index (χ4n) is 5.25. The van der Waals surface area contributed by atoms with Crippen molar-refractivity contribution in [2.24, 2.45) is 16.6 Å². The van der Waals surface area contributed by atoms with E-state index in [4.69, 9.17) is 41.5 Å². The predicted molar refractivity (Wildman–Crippen MR) is 169 cm³/mol. The number of carbonyl (C=O) groups is 2. The minimum atomic E-state index is -1.43. The summed E-state index contributed by atoms with van der Waals surface area (Å²) in [6.07, 6.45) is 9.49. The molecule has 1 amide bonds. The van der Waals surface area contributed by atoms with Crippen LogP contribution < -0.4 is 19.9 Å². The highest BCUT2D eigenvalue weighted by molar-refractivity contribution is 6.30. The van der Waals surface area contributed by atoms with Crippen molar-refractivity contribution in [3.63, 3.8) is 0 Å². The second-order valence-electron chi connectivity index (χ2n) is 11.7. The van der Waals surface area contributed by atoms with Crippen LogP contribution in [0.3, 0.4) is 0 Å². The zero-order valence-electron chi connectivity index (χ0n) is 26.5. The number of amides is 1. The lowest BCUT2D eigenvalue weighted by Gasteiger charge is -2.38. The summed E-state index contributed by atoms with van der Waals surface area (Å²) >= 11 is 5.92. The van der Waals surface area contributed by atoms with Gasteiger partial charge in [0, 0.05) is 43.9 Å². The molecule has 12 nitrogen and oxygen atoms in total. The first-order chi connectivity index (χ1) is 21.5. The lowest BCUT2D eigenvalue weighted by atomic mass is 9.92. The molecule has 244 valence electrons. The summed E-state index contributed by atoms with van der Waals surface area (Å²) in [4.78, 5) is 31.4. The van der Waals surface area contributed by atoms with E-state index in [0.717, 1.165) is 31.4 Å². The number of hydrogen-bond donors (Lipinski definition) is 1. The summed E-state index contributed by atoms with van der Waals surface area (Å²) in [5.74, 6) is -0.800. The molecule has 1 aromatic carbocycles. The van der Waals surface area contributed by atoms with Crippen LogP contribution in [0.5, 0.6) is 5.75 Å². The van der Waals surface area contributed by atoms with Gasteiger partial charge >= 0.3 is 12.0 Å². The van der Waals surface area contributed by atoms with Crippen molar-refractivity contribution in [2.45, 2.75) is 70.8 Å². The molecule has 1 aromatic heterocycles. The van der Waals surface area contributed by atoms with Crippen LogP contribution in [0.15, 0.2) is 53.8 Å². The van der Waals surface area contributed by atoms with Crippen LogP contribution in [0.25, 0.3) is 0 Å². The van der Waals surface area contributed by atoms with Gasteiger partial charge in [0.15, 0.2) is 12.4 Å². The van der Waals surface area contributed by atoms with E-state index in [0.29, 0.717) is 56.3 Å². The van der Waals surface area contributed by atoms with E-state index in [1.165, 1.54) is 7.11 Å². The molecule has 0 aliphatic carbocycles. The van der Waals surface area contributed by atoms with Gasteiger partial charge in [-0.25, -0.2) is 4.79 Å². The van der Waals surface area contributed by atoms with Crippen LogP contribution in [-0.4, -0.2) is 62.4 Å². The number of piperidine rings is 1. The number of aromatic nitrogens is 1. The summed E-state index contributed by atoms with van der Waals surface area (Å²) in [5.41, 5.74) is 6.29. The number of ether oxygens (including phenoxy) is 4. The molecule has 0 radical (unpaired) electrons. The molecule has 0 bridgehead atoms. The molecule has 2 aromatic rings. The van der Waals surface area contributed by atoms with Crippen molar-refractivity contribution in [2.75, 3.05) is 38.3 Å². The van der Waals surface area contributed by atoms with E-state index >= 15 is 0 Å². The number of halogens is 1. The van der Waals surface area contributed by atoms with Gasteiger partial charge in [-0.1, -0.05) is 24.4 Å². The first kappa shape index (κ1) is 35.4. The first-order valence-electron chi connectivity index (χ1n) is 15.1. The average Bonchev–Trinajstić information content (AvgIpc) is 3.02. The molecule has 1 aliphatic rings. The molecule has 2 heterocycles. The number of nitrogens with two attached hydrogens (primary N) is 1. The topological polar surface area (TPSA) is 144 Å². The zero-order valence-corrected chi connectivity index (χ0v) is 27.2. The van der Waals surface area contributed by atoms with Crippen molar-refractivity contribution in [3.8, 4) is 11.9 Å². The van der Waals surface area contributed by atoms with E-state index < -0.39 is 11.5 Å². The van der Waals surface area contributed by atoms with Gasteiger partial charge in [-0.2, -0.15) is 5.26 Å². The highest BCUT2D eigenvalue weighted by Crippen LogP contribution is 2.33. The molecule has 1 fully saturated rings. The minimum Gasteiger partial charge on any atom is -0.494 e. The molecule has 0 saturated carbocycles. The van der Waals surface area contributed by atoms with Crippen LogP contribution >= 0.6 is 11.6 Å². The van der Waals surface area contributed by atoms with Crippen molar-refractivity contribution in [1.82, 2.24) is 4.90 Å². The molecule has 3 rings (SSSR count). The molecule has 45 heavy (non-hydrogen) atoms. The van der Waals surface area contributed by atoms with Gasteiger partial charge in [-0.3, -0.25) is 9.53 Å². The number of unbranched alkanes of at least 4 members (excludes halogenated alkanes) is 3. The maximum Gasteiger partial charge on any atom is 0.438 e. The third kappa shape index (κ3) is 10.2. The molecule has 1 saturated heterocycles. The second kappa shape index (κ2) is 16.8. The molecule has 1 aliphatic heterocycles. The number of carbonyl (C=O) groups excluding carboxylic acids is 2. The van der Waals surface area contributed by atoms with Gasteiger partial charge in [0.1, 0.15) is 11.4 Å². The SMILES string of the molecule is COC(OC=O)(C1CCN(C(=O)OC(C)(C)C)CC1)[n+]1ccc(N(CCCCCCOc2ccc(Cl)cc2)C(N)=NC#N)cc1. The molecule has 13 heteroatoms. The third-order valence-corrected chi connectivity index (χ3v) is 7.71. The number of pyridine rings is 1. The zero-order chi connectivity index (χ0) is 32.9. The highest BCUT2D eigenvalue weighted by atomic mass is 35.5. The smallest absolute Gasteiger partial charge is 0.438 e. The molecule has 1 atom stereocenters. The van der Waals surface area contributed by atoms with E-state index in [9.17, 15) is 9.59 Å². The standard InChI is InChI=1S/C32H44ClN6O6/c1-31(2,3)45-30(41)37-18-13-25(14-19-37)32(42-4,44-24-40)38-20-15-27(16-21-38)39(29(35)36-23-34)17-7-5-6-8-22-43-28-11-9-26(33)10-12-28/h9-12,15-16,20-21,24-25H,5-8,13-14,17-19,22H2,1-4H3,(H2,35,36)/q+1. The highest BCUT2D eigenvalue weighted by Gasteiger charge is 2.53. The van der Waals surface area contributed by atoms with Gasteiger partial charge in [-0.05, 0) is 70.7 Å². The number of benzene rings is 1. The van der Waals surface area contributed by atoms with Crippen LogP contribution in [-0.2, 0) is 24.9 Å². The number of guanidine groups is 1. The van der Waals surface area contributed by atoms with Gasteiger partial charge in [0.2, 0.25) is 12.2 Å². The Morgan fingerprint density at radius 3 is 2.36 bits per heavy atom. The molecule has 2 N–H and O–H groups in total. The number of hydrogen-bond acceptors (Lipinski definition) is 8. The van der Waals surface area contributed by atoms with E-state index in [-0.39, 0.29) is 18.0 Å². The van der Waals surface area contributed by atoms with E-state index in [2.05, 4.69) is 4.99 Å². The maximum atomic E-state index is 12.6. The fourth-order valence-corrected chi connectivity index (χ4v) is 5.38. The summed E-state index contributed by atoms with van der Waals surface area (Å²) < 4.78 is 24.4. The largest absolute Gasteiger partial charge is 0.494 e. The van der Waals surface area contributed by atoms with E-state index in [1.54, 1.807) is 57.2 Å². The Bertz CT molecular complexity index is 1300.